The standard InChI is InChI=1S/C17H20FN/c1-3-4-7-14(12(2)13-10-11-13)17(19)15-8-5-6-9-16(15)18/h4-9,13,19H,3,10-11H2,1-2H3/b7-4+,14-12+,19-17?. The summed E-state index contributed by atoms with van der Waals surface area (Å²) in [4.78, 5) is 0. The molecule has 1 aromatic carbocycles. The summed E-state index contributed by atoms with van der Waals surface area (Å²) in [5.41, 5.74) is 2.79. The smallest absolute Gasteiger partial charge is 0.132 e. The molecule has 0 atom stereocenters. The molecule has 1 nitrogen and oxygen atoms in total. The number of benzene rings is 1. The van der Waals surface area contributed by atoms with Gasteiger partial charge in [0.25, 0.3) is 0 Å². The van der Waals surface area contributed by atoms with Gasteiger partial charge in [-0.1, -0.05) is 36.8 Å². The minimum absolute atomic E-state index is 0.298. The van der Waals surface area contributed by atoms with E-state index in [1.54, 1.807) is 18.2 Å². The lowest BCUT2D eigenvalue weighted by Gasteiger charge is -2.11. The molecule has 0 bridgehead atoms. The highest BCUT2D eigenvalue weighted by Gasteiger charge is 2.26. The van der Waals surface area contributed by atoms with Crippen molar-refractivity contribution >= 4 is 5.71 Å². The average Bonchev–Trinajstić information content (AvgIpc) is 3.23. The lowest BCUT2D eigenvalue weighted by atomic mass is 9.95. The van der Waals surface area contributed by atoms with Crippen molar-refractivity contribution in [3.63, 3.8) is 0 Å². The van der Waals surface area contributed by atoms with Crippen LogP contribution in [0.15, 0.2) is 47.6 Å². The lowest BCUT2D eigenvalue weighted by molar-refractivity contribution is 0.625. The maximum absolute atomic E-state index is 13.8. The van der Waals surface area contributed by atoms with Crippen LogP contribution in [-0.2, 0) is 0 Å². The van der Waals surface area contributed by atoms with Crippen molar-refractivity contribution in [3.8, 4) is 0 Å². The summed E-state index contributed by atoms with van der Waals surface area (Å²) in [6, 6.07) is 6.53. The van der Waals surface area contributed by atoms with Crippen LogP contribution < -0.4 is 0 Å². The predicted octanol–water partition coefficient (Wildman–Crippen LogP) is 4.89. The van der Waals surface area contributed by atoms with Gasteiger partial charge in [0.1, 0.15) is 5.82 Å². The Morgan fingerprint density at radius 2 is 2.05 bits per heavy atom. The molecule has 1 fully saturated rings. The van der Waals surface area contributed by atoms with Gasteiger partial charge in [-0.05, 0) is 49.8 Å². The zero-order valence-electron chi connectivity index (χ0n) is 11.5. The summed E-state index contributed by atoms with van der Waals surface area (Å²) in [5, 5.41) is 8.31. The fraction of sp³-hybridized carbons (Fsp3) is 0.353. The van der Waals surface area contributed by atoms with Crippen LogP contribution in [0.3, 0.4) is 0 Å². The normalized spacial score (nSPS) is 16.6. The molecule has 0 aliphatic heterocycles. The molecule has 0 radical (unpaired) electrons. The van der Waals surface area contributed by atoms with Crippen LogP contribution in [0.4, 0.5) is 4.39 Å². The molecule has 100 valence electrons. The van der Waals surface area contributed by atoms with Crippen molar-refractivity contribution in [3.05, 3.63) is 58.9 Å². The van der Waals surface area contributed by atoms with Gasteiger partial charge in [-0.2, -0.15) is 0 Å². The number of nitrogens with one attached hydrogen (secondary N) is 1. The van der Waals surface area contributed by atoms with Crippen molar-refractivity contribution in [1.29, 1.82) is 5.41 Å². The molecule has 1 aliphatic rings. The quantitative estimate of drug-likeness (QED) is 0.574. The number of rotatable bonds is 5. The highest BCUT2D eigenvalue weighted by atomic mass is 19.1. The Hall–Kier alpha value is -1.70. The van der Waals surface area contributed by atoms with Crippen molar-refractivity contribution < 1.29 is 4.39 Å². The molecule has 0 saturated heterocycles. The molecule has 19 heavy (non-hydrogen) atoms. The monoisotopic (exact) mass is 257 g/mol. The third kappa shape index (κ3) is 3.19. The molecule has 0 unspecified atom stereocenters. The zero-order valence-corrected chi connectivity index (χ0v) is 11.5. The van der Waals surface area contributed by atoms with Crippen LogP contribution in [0.1, 0.15) is 38.7 Å². The Morgan fingerprint density at radius 3 is 2.63 bits per heavy atom. The van der Waals surface area contributed by atoms with Crippen molar-refractivity contribution in [1.82, 2.24) is 0 Å². The first-order chi connectivity index (χ1) is 9.15. The van der Waals surface area contributed by atoms with E-state index in [2.05, 4.69) is 13.8 Å². The van der Waals surface area contributed by atoms with E-state index >= 15 is 0 Å². The second-order valence-electron chi connectivity index (χ2n) is 5.04. The van der Waals surface area contributed by atoms with E-state index in [1.807, 2.05) is 12.2 Å². The molecular formula is C17H20FN. The molecule has 0 amide bonds. The Balaban J connectivity index is 2.39. The summed E-state index contributed by atoms with van der Waals surface area (Å²) in [6.45, 7) is 4.13. The minimum atomic E-state index is -0.321. The SMILES string of the molecule is CC/C=C/C(C(=N)c1ccccc1F)=C(/C)C1CC1. The highest BCUT2D eigenvalue weighted by Crippen LogP contribution is 2.38. The highest BCUT2D eigenvalue weighted by molar-refractivity contribution is 6.13. The number of hydrogen-bond donors (Lipinski definition) is 1. The second-order valence-corrected chi connectivity index (χ2v) is 5.04. The third-order valence-corrected chi connectivity index (χ3v) is 3.55. The molecule has 1 aromatic rings. The number of halogens is 1. The molecule has 0 aromatic heterocycles. The van der Waals surface area contributed by atoms with Gasteiger partial charge >= 0.3 is 0 Å². The van der Waals surface area contributed by atoms with Gasteiger partial charge in [0.05, 0.1) is 5.71 Å². The number of allylic oxidation sites excluding steroid dienone is 4. The predicted molar refractivity (Wildman–Crippen MR) is 78.1 cm³/mol. The molecule has 2 rings (SSSR count). The first kappa shape index (κ1) is 13.7. The van der Waals surface area contributed by atoms with Gasteiger partial charge in [-0.3, -0.25) is 5.41 Å². The Kier molecular flexibility index (Phi) is 4.31. The Labute approximate surface area is 114 Å². The van der Waals surface area contributed by atoms with Crippen LogP contribution in [0.2, 0.25) is 0 Å². The van der Waals surface area contributed by atoms with Gasteiger partial charge in [-0.15, -0.1) is 0 Å². The molecule has 1 N–H and O–H groups in total. The summed E-state index contributed by atoms with van der Waals surface area (Å²) in [7, 11) is 0. The van der Waals surface area contributed by atoms with Crippen molar-refractivity contribution in [2.75, 3.05) is 0 Å². The second kappa shape index (κ2) is 5.96. The van der Waals surface area contributed by atoms with Gasteiger partial charge < -0.3 is 0 Å². The fourth-order valence-electron chi connectivity index (χ4n) is 2.19. The zero-order chi connectivity index (χ0) is 13.8. The summed E-state index contributed by atoms with van der Waals surface area (Å²) >= 11 is 0. The maximum atomic E-state index is 13.8. The molecule has 0 spiro atoms. The summed E-state index contributed by atoms with van der Waals surface area (Å²) in [5.74, 6) is 0.266. The van der Waals surface area contributed by atoms with Crippen LogP contribution in [-0.4, -0.2) is 5.71 Å². The Bertz CT molecular complexity index is 536. The van der Waals surface area contributed by atoms with Crippen LogP contribution >= 0.6 is 0 Å². The maximum Gasteiger partial charge on any atom is 0.132 e. The van der Waals surface area contributed by atoms with Crippen LogP contribution in [0, 0.1) is 17.1 Å². The van der Waals surface area contributed by atoms with E-state index in [9.17, 15) is 4.39 Å². The fourth-order valence-corrected chi connectivity index (χ4v) is 2.19. The van der Waals surface area contributed by atoms with Crippen LogP contribution in [0.25, 0.3) is 0 Å². The summed E-state index contributed by atoms with van der Waals surface area (Å²) < 4.78 is 13.8. The third-order valence-electron chi connectivity index (χ3n) is 3.55. The van der Waals surface area contributed by atoms with Gasteiger partial charge in [-0.25, -0.2) is 4.39 Å². The molecular weight excluding hydrogens is 237 g/mol. The number of hydrogen-bond acceptors (Lipinski definition) is 1. The van der Waals surface area contributed by atoms with Crippen molar-refractivity contribution in [2.24, 2.45) is 5.92 Å². The van der Waals surface area contributed by atoms with E-state index in [1.165, 1.54) is 24.5 Å². The lowest BCUT2D eigenvalue weighted by Crippen LogP contribution is -2.07. The van der Waals surface area contributed by atoms with E-state index in [0.29, 0.717) is 17.2 Å². The Morgan fingerprint density at radius 1 is 1.37 bits per heavy atom. The van der Waals surface area contributed by atoms with Crippen molar-refractivity contribution in [2.45, 2.75) is 33.1 Å². The van der Waals surface area contributed by atoms with Gasteiger partial charge in [0, 0.05) is 5.56 Å². The van der Waals surface area contributed by atoms with E-state index in [0.717, 1.165) is 12.0 Å². The van der Waals surface area contributed by atoms with Gasteiger partial charge in [0.2, 0.25) is 0 Å². The van der Waals surface area contributed by atoms with Crippen LogP contribution in [0.5, 0.6) is 0 Å². The van der Waals surface area contributed by atoms with Gasteiger partial charge in [0.15, 0.2) is 0 Å². The van der Waals surface area contributed by atoms with E-state index in [-0.39, 0.29) is 5.82 Å². The minimum Gasteiger partial charge on any atom is -0.300 e. The molecule has 1 aliphatic carbocycles. The largest absolute Gasteiger partial charge is 0.300 e. The summed E-state index contributed by atoms with van der Waals surface area (Å²) in [6.07, 6.45) is 7.32. The average molecular weight is 257 g/mol. The van der Waals surface area contributed by atoms with E-state index < -0.39 is 0 Å². The topological polar surface area (TPSA) is 23.9 Å². The molecule has 0 heterocycles. The molecule has 1 saturated carbocycles. The van der Waals surface area contributed by atoms with E-state index in [4.69, 9.17) is 5.41 Å². The first-order valence-electron chi connectivity index (χ1n) is 6.86. The molecule has 2 heteroatoms. The first-order valence-corrected chi connectivity index (χ1v) is 6.86.